The van der Waals surface area contributed by atoms with Gasteiger partial charge in [-0.3, -0.25) is 0 Å². The monoisotopic (exact) mass is 714 g/mol. The quantitative estimate of drug-likeness (QED) is 0.126. The molecule has 0 aromatic heterocycles. The smallest absolute Gasteiger partial charge is 0.0206 e. The van der Waals surface area contributed by atoms with E-state index in [2.05, 4.69) is 176 Å². The van der Waals surface area contributed by atoms with E-state index in [1.54, 1.807) is 0 Å². The summed E-state index contributed by atoms with van der Waals surface area (Å²) in [6.07, 6.45) is 41.9. The Kier molecular flexibility index (Phi) is 7.24. The summed E-state index contributed by atoms with van der Waals surface area (Å²) in [6.45, 7) is 0. The topological polar surface area (TPSA) is 0 Å². The van der Waals surface area contributed by atoms with Crippen LogP contribution in [0, 0.1) is 17.8 Å². The largest absolute Gasteiger partial charge is 0.0839 e. The zero-order chi connectivity index (χ0) is 36.7. The second-order valence-electron chi connectivity index (χ2n) is 16.4. The summed E-state index contributed by atoms with van der Waals surface area (Å²) in [5, 5.41) is 5.54. The Morgan fingerprint density at radius 2 is 1.34 bits per heavy atom. The van der Waals surface area contributed by atoms with Gasteiger partial charge in [0.25, 0.3) is 0 Å². The van der Waals surface area contributed by atoms with Crippen LogP contribution in [0.5, 0.6) is 0 Å². The van der Waals surface area contributed by atoms with E-state index in [0.717, 1.165) is 32.1 Å². The van der Waals surface area contributed by atoms with Crippen molar-refractivity contribution in [2.75, 3.05) is 0 Å². The minimum absolute atomic E-state index is 0.287. The van der Waals surface area contributed by atoms with Crippen molar-refractivity contribution in [1.82, 2.24) is 0 Å². The summed E-state index contributed by atoms with van der Waals surface area (Å²) in [4.78, 5) is 0. The lowest BCUT2D eigenvalue weighted by atomic mass is 9.67. The number of rotatable bonds is 5. The van der Waals surface area contributed by atoms with Crippen molar-refractivity contribution in [2.24, 2.45) is 17.8 Å². The van der Waals surface area contributed by atoms with Gasteiger partial charge in [0.1, 0.15) is 0 Å². The second kappa shape index (κ2) is 12.7. The van der Waals surface area contributed by atoms with Crippen molar-refractivity contribution in [1.29, 1.82) is 0 Å². The third-order valence-electron chi connectivity index (χ3n) is 13.4. The Labute approximate surface area is 329 Å². The van der Waals surface area contributed by atoms with E-state index in [9.17, 15) is 0 Å². The molecular weight excluding hydrogens is 673 g/mol. The van der Waals surface area contributed by atoms with Crippen LogP contribution >= 0.6 is 0 Å². The summed E-state index contributed by atoms with van der Waals surface area (Å²) >= 11 is 0. The third kappa shape index (κ3) is 4.78. The van der Waals surface area contributed by atoms with Crippen LogP contribution in [0.3, 0.4) is 0 Å². The Morgan fingerprint density at radius 1 is 0.589 bits per heavy atom. The summed E-state index contributed by atoms with van der Waals surface area (Å²) in [7, 11) is 0. The van der Waals surface area contributed by atoms with Crippen LogP contribution in [-0.4, -0.2) is 0 Å². The Bertz CT molecular complexity index is 2900. The molecule has 266 valence electrons. The summed E-state index contributed by atoms with van der Waals surface area (Å²) < 4.78 is 0. The number of hydrogen-bond acceptors (Lipinski definition) is 0. The van der Waals surface area contributed by atoms with Crippen LogP contribution < -0.4 is 0 Å². The molecule has 5 aromatic rings. The van der Waals surface area contributed by atoms with E-state index in [1.807, 2.05) is 0 Å². The second-order valence-corrected chi connectivity index (χ2v) is 16.4. The minimum Gasteiger partial charge on any atom is -0.0839 e. The molecule has 0 N–H and O–H groups in total. The highest BCUT2D eigenvalue weighted by molar-refractivity contribution is 6.27. The van der Waals surface area contributed by atoms with Crippen LogP contribution in [0.25, 0.3) is 68.1 Å². The van der Waals surface area contributed by atoms with Gasteiger partial charge in [-0.05, 0) is 143 Å². The van der Waals surface area contributed by atoms with Crippen molar-refractivity contribution in [3.63, 3.8) is 0 Å². The van der Waals surface area contributed by atoms with Crippen LogP contribution in [-0.2, 0) is 0 Å². The molecule has 7 aliphatic rings. The zero-order valence-corrected chi connectivity index (χ0v) is 31.5. The molecule has 0 saturated heterocycles. The van der Waals surface area contributed by atoms with E-state index in [4.69, 9.17) is 0 Å². The van der Waals surface area contributed by atoms with Gasteiger partial charge in [-0.15, -0.1) is 0 Å². The summed E-state index contributed by atoms with van der Waals surface area (Å²) in [5.74, 6) is 0.996. The van der Waals surface area contributed by atoms with Crippen LogP contribution in [0.4, 0.5) is 0 Å². The first-order valence-electron chi connectivity index (χ1n) is 20.6. The highest BCUT2D eigenvalue weighted by Crippen LogP contribution is 2.62. The van der Waals surface area contributed by atoms with Crippen molar-refractivity contribution >= 4 is 68.1 Å². The third-order valence-corrected chi connectivity index (χ3v) is 13.4. The predicted molar refractivity (Wildman–Crippen MR) is 240 cm³/mol. The predicted octanol–water partition coefficient (Wildman–Crippen LogP) is 14.7. The average molecular weight is 715 g/mol. The van der Waals surface area contributed by atoms with E-state index >= 15 is 0 Å². The fraction of sp³-hybridized carbons (Fsp3) is 0.143. The molecule has 0 heterocycles. The molecular formula is C56H42. The normalized spacial score (nSPS) is 22.6. The molecule has 0 saturated carbocycles. The van der Waals surface area contributed by atoms with Gasteiger partial charge in [-0.25, -0.2) is 0 Å². The van der Waals surface area contributed by atoms with Crippen molar-refractivity contribution < 1.29 is 0 Å². The SMILES string of the molecule is C1=CCC(C2=CC3C4=C(C=C5c6c(c(C=Cc7ccccc7)c7cc8c9c(cccc9c7c6C=Cc6ccccc6)C6=C8CCC=C6)C(=C2)C53)CCC=C4)C=C1. The molecule has 0 spiro atoms. The van der Waals surface area contributed by atoms with Gasteiger partial charge in [-0.1, -0.05) is 170 Å². The molecule has 0 bridgehead atoms. The minimum atomic E-state index is 0.287. The number of fused-ring (bicyclic) bond motifs is 8. The van der Waals surface area contributed by atoms with Gasteiger partial charge in [0, 0.05) is 17.8 Å². The van der Waals surface area contributed by atoms with E-state index < -0.39 is 0 Å². The maximum absolute atomic E-state index is 2.66. The highest BCUT2D eigenvalue weighted by atomic mass is 14.5. The molecule has 0 heteroatoms. The van der Waals surface area contributed by atoms with Gasteiger partial charge in [0.05, 0.1) is 0 Å². The lowest BCUT2D eigenvalue weighted by molar-refractivity contribution is 0.638. The fourth-order valence-corrected chi connectivity index (χ4v) is 11.0. The average Bonchev–Trinajstić information content (AvgIpc) is 3.77. The standard InChI is InChI=1S/C56H42/c1-4-15-35(16-5-1)27-29-44-49-34-48-42-24-13-12-23-41(42)43-25-14-26-45(52(43)48)53(49)46(30-28-36-17-6-2-7-18-36)56-50-31-38-21-10-11-22-40(38)47-32-39(37-19-8-3-9-20-37)33-51(54(47)50)55(44)56/h1-9,11-12,14-19,22-23,25-34,37,47,54H,10,13,20-21,24H2. The van der Waals surface area contributed by atoms with Crippen LogP contribution in [0.1, 0.15) is 76.6 Å². The van der Waals surface area contributed by atoms with Crippen LogP contribution in [0.2, 0.25) is 0 Å². The Morgan fingerprint density at radius 3 is 2.14 bits per heavy atom. The molecule has 0 radical (unpaired) electrons. The number of allylic oxidation sites excluding steroid dienone is 18. The molecule has 56 heavy (non-hydrogen) atoms. The summed E-state index contributed by atoms with van der Waals surface area (Å²) in [5.41, 5.74) is 21.3. The van der Waals surface area contributed by atoms with Gasteiger partial charge in [0.15, 0.2) is 0 Å². The lowest BCUT2D eigenvalue weighted by Crippen LogP contribution is -2.23. The summed E-state index contributed by atoms with van der Waals surface area (Å²) in [6, 6.07) is 31.4. The molecule has 7 aliphatic carbocycles. The molecule has 0 aliphatic heterocycles. The number of hydrogen-bond donors (Lipinski definition) is 0. The lowest BCUT2D eigenvalue weighted by Gasteiger charge is -2.36. The molecule has 0 amide bonds. The molecule has 3 unspecified atom stereocenters. The van der Waals surface area contributed by atoms with E-state index in [-0.39, 0.29) is 5.92 Å². The molecule has 0 nitrogen and oxygen atoms in total. The van der Waals surface area contributed by atoms with Crippen molar-refractivity contribution in [2.45, 2.75) is 32.1 Å². The molecule has 0 fully saturated rings. The van der Waals surface area contributed by atoms with Gasteiger partial charge >= 0.3 is 0 Å². The van der Waals surface area contributed by atoms with E-state index in [0.29, 0.717) is 11.8 Å². The molecule has 5 aromatic carbocycles. The fourth-order valence-electron chi connectivity index (χ4n) is 11.0. The highest BCUT2D eigenvalue weighted by Gasteiger charge is 2.45. The van der Waals surface area contributed by atoms with Crippen molar-refractivity contribution in [3.8, 4) is 0 Å². The van der Waals surface area contributed by atoms with E-state index in [1.165, 1.54) is 105 Å². The van der Waals surface area contributed by atoms with Gasteiger partial charge in [-0.2, -0.15) is 0 Å². The van der Waals surface area contributed by atoms with Crippen molar-refractivity contribution in [3.05, 3.63) is 213 Å². The van der Waals surface area contributed by atoms with Gasteiger partial charge < -0.3 is 0 Å². The Hall–Kier alpha value is -6.24. The maximum Gasteiger partial charge on any atom is 0.0206 e. The molecule has 12 rings (SSSR count). The van der Waals surface area contributed by atoms with Gasteiger partial charge in [0.2, 0.25) is 0 Å². The first-order chi connectivity index (χ1) is 27.8. The first-order valence-corrected chi connectivity index (χ1v) is 20.6. The maximum atomic E-state index is 2.66. The first kappa shape index (κ1) is 32.0. The number of benzene rings is 5. The zero-order valence-electron chi connectivity index (χ0n) is 31.5. The Balaban J connectivity index is 1.24. The van der Waals surface area contributed by atoms with Crippen LogP contribution in [0.15, 0.2) is 168 Å². The molecule has 3 atom stereocenters.